The summed E-state index contributed by atoms with van der Waals surface area (Å²) in [4.78, 5) is 0. The van der Waals surface area contributed by atoms with Gasteiger partial charge in [-0.1, -0.05) is 47.0 Å². The normalized spacial score (nSPS) is 38.3. The summed E-state index contributed by atoms with van der Waals surface area (Å²) < 4.78 is 0. The van der Waals surface area contributed by atoms with Crippen LogP contribution >= 0.6 is 0 Å². The van der Waals surface area contributed by atoms with Crippen molar-refractivity contribution in [3.8, 4) is 0 Å². The summed E-state index contributed by atoms with van der Waals surface area (Å²) in [5, 5.41) is 0. The van der Waals surface area contributed by atoms with Crippen LogP contribution in [-0.4, -0.2) is 0 Å². The van der Waals surface area contributed by atoms with Crippen molar-refractivity contribution in [1.82, 2.24) is 0 Å². The standard InChI is InChI=1S/C12H22.C11H20/c1-10(2)11-6-3-4-7-12(11)8-5-9-12;1-9(2)11-6-3-10(4-7-11)5-8-11/h10-11H,3-9H2,1-2H3;9-10H,3-8H2,1-2H3. The molecule has 5 aliphatic rings. The molecular formula is C23H42. The van der Waals surface area contributed by atoms with Gasteiger partial charge in [-0.3, -0.25) is 0 Å². The molecule has 0 aromatic carbocycles. The highest BCUT2D eigenvalue weighted by Gasteiger charge is 2.45. The fourth-order valence-electron chi connectivity index (χ4n) is 6.77. The van der Waals surface area contributed by atoms with Gasteiger partial charge < -0.3 is 0 Å². The van der Waals surface area contributed by atoms with Gasteiger partial charge >= 0.3 is 0 Å². The summed E-state index contributed by atoms with van der Waals surface area (Å²) in [6, 6.07) is 0. The van der Waals surface area contributed by atoms with Gasteiger partial charge in [-0.25, -0.2) is 0 Å². The summed E-state index contributed by atoms with van der Waals surface area (Å²) in [6.07, 6.45) is 19.9. The van der Waals surface area contributed by atoms with Crippen LogP contribution < -0.4 is 0 Å². The van der Waals surface area contributed by atoms with Gasteiger partial charge in [-0.05, 0) is 98.7 Å². The molecule has 0 heterocycles. The van der Waals surface area contributed by atoms with Crippen molar-refractivity contribution in [2.75, 3.05) is 0 Å². The van der Waals surface area contributed by atoms with Crippen LogP contribution in [0, 0.1) is 34.5 Å². The molecule has 1 atom stereocenters. The first-order chi connectivity index (χ1) is 11.0. The molecular weight excluding hydrogens is 276 g/mol. The smallest absolute Gasteiger partial charge is 0.0267 e. The minimum absolute atomic E-state index is 0.786. The Morgan fingerprint density at radius 1 is 0.652 bits per heavy atom. The van der Waals surface area contributed by atoms with Crippen LogP contribution in [0.5, 0.6) is 0 Å². The summed E-state index contributed by atoms with van der Waals surface area (Å²) in [5.74, 6) is 4.06. The third-order valence-corrected chi connectivity index (χ3v) is 8.76. The lowest BCUT2D eigenvalue weighted by molar-refractivity contribution is -0.0175. The molecule has 2 bridgehead atoms. The zero-order chi connectivity index (χ0) is 16.5. The van der Waals surface area contributed by atoms with Crippen molar-refractivity contribution in [3.05, 3.63) is 0 Å². The van der Waals surface area contributed by atoms with Crippen LogP contribution in [0.1, 0.15) is 111 Å². The Bertz CT molecular complexity index is 352. The van der Waals surface area contributed by atoms with E-state index in [0.29, 0.717) is 0 Å². The zero-order valence-corrected chi connectivity index (χ0v) is 16.5. The molecule has 1 spiro atoms. The average Bonchev–Trinajstić information content (AvgIpc) is 2.55. The predicted octanol–water partition coefficient (Wildman–Crippen LogP) is 7.62. The highest BCUT2D eigenvalue weighted by atomic mass is 14.5. The van der Waals surface area contributed by atoms with Gasteiger partial charge in [-0.15, -0.1) is 0 Å². The SMILES string of the molecule is CC(C)C12CCC(CC1)CC2.CC(C)C1CCCCC12CCC2. The molecule has 5 aliphatic carbocycles. The first-order valence-corrected chi connectivity index (χ1v) is 11.0. The molecule has 5 fully saturated rings. The minimum atomic E-state index is 0.786. The molecule has 1 unspecified atom stereocenters. The van der Waals surface area contributed by atoms with Crippen molar-refractivity contribution in [1.29, 1.82) is 0 Å². The predicted molar refractivity (Wildman–Crippen MR) is 102 cm³/mol. The Labute approximate surface area is 146 Å². The Hall–Kier alpha value is 0. The molecule has 0 N–H and O–H groups in total. The van der Waals surface area contributed by atoms with Crippen molar-refractivity contribution >= 4 is 0 Å². The monoisotopic (exact) mass is 318 g/mol. The first-order valence-electron chi connectivity index (χ1n) is 11.0. The Morgan fingerprint density at radius 3 is 1.57 bits per heavy atom. The maximum Gasteiger partial charge on any atom is -0.0267 e. The summed E-state index contributed by atoms with van der Waals surface area (Å²) >= 11 is 0. The summed E-state index contributed by atoms with van der Waals surface area (Å²) in [6.45, 7) is 9.70. The second-order valence-electron chi connectivity index (χ2n) is 10.3. The van der Waals surface area contributed by atoms with Crippen LogP contribution in [0.4, 0.5) is 0 Å². The molecule has 0 aliphatic heterocycles. The molecule has 23 heavy (non-hydrogen) atoms. The maximum absolute atomic E-state index is 2.43. The van der Waals surface area contributed by atoms with E-state index in [0.717, 1.165) is 34.5 Å². The minimum Gasteiger partial charge on any atom is -0.0625 e. The second kappa shape index (κ2) is 7.09. The molecule has 0 nitrogen and oxygen atoms in total. The van der Waals surface area contributed by atoms with E-state index in [1.54, 1.807) is 19.3 Å². The molecule has 0 aromatic heterocycles. The molecule has 5 rings (SSSR count). The van der Waals surface area contributed by atoms with Gasteiger partial charge in [-0.2, -0.15) is 0 Å². The highest BCUT2D eigenvalue weighted by molar-refractivity contribution is 4.96. The lowest BCUT2D eigenvalue weighted by atomic mass is 9.53. The highest BCUT2D eigenvalue weighted by Crippen LogP contribution is 2.57. The van der Waals surface area contributed by atoms with E-state index in [-0.39, 0.29) is 0 Å². The average molecular weight is 319 g/mol. The van der Waals surface area contributed by atoms with Gasteiger partial charge in [0, 0.05) is 0 Å². The van der Waals surface area contributed by atoms with Crippen molar-refractivity contribution in [2.24, 2.45) is 34.5 Å². The second-order valence-corrected chi connectivity index (χ2v) is 10.3. The van der Waals surface area contributed by atoms with E-state index in [1.165, 1.54) is 64.2 Å². The van der Waals surface area contributed by atoms with Crippen LogP contribution in [0.25, 0.3) is 0 Å². The molecule has 5 saturated carbocycles. The fourth-order valence-corrected chi connectivity index (χ4v) is 6.77. The van der Waals surface area contributed by atoms with Gasteiger partial charge in [0.25, 0.3) is 0 Å². The third-order valence-electron chi connectivity index (χ3n) is 8.76. The largest absolute Gasteiger partial charge is 0.0625 e. The third kappa shape index (κ3) is 3.52. The van der Waals surface area contributed by atoms with E-state index in [1.807, 2.05) is 0 Å². The number of hydrogen-bond donors (Lipinski definition) is 0. The first kappa shape index (κ1) is 17.8. The Kier molecular flexibility index (Phi) is 5.49. The van der Waals surface area contributed by atoms with E-state index in [2.05, 4.69) is 27.7 Å². The topological polar surface area (TPSA) is 0 Å². The van der Waals surface area contributed by atoms with Crippen LogP contribution in [0.2, 0.25) is 0 Å². The van der Waals surface area contributed by atoms with E-state index in [4.69, 9.17) is 0 Å². The van der Waals surface area contributed by atoms with Crippen molar-refractivity contribution < 1.29 is 0 Å². The number of fused-ring (bicyclic) bond motifs is 3. The Morgan fingerprint density at radius 2 is 1.22 bits per heavy atom. The van der Waals surface area contributed by atoms with Gasteiger partial charge in [0.15, 0.2) is 0 Å². The molecule has 0 aromatic rings. The lowest BCUT2D eigenvalue weighted by Crippen LogP contribution is -2.42. The van der Waals surface area contributed by atoms with Crippen LogP contribution in [-0.2, 0) is 0 Å². The lowest BCUT2D eigenvalue weighted by Gasteiger charge is -2.52. The quantitative estimate of drug-likeness (QED) is 0.491. The van der Waals surface area contributed by atoms with E-state index >= 15 is 0 Å². The molecule has 0 radical (unpaired) electrons. The molecule has 134 valence electrons. The summed E-state index contributed by atoms with van der Waals surface area (Å²) in [5.41, 5.74) is 1.63. The number of hydrogen-bond acceptors (Lipinski definition) is 0. The van der Waals surface area contributed by atoms with E-state index in [9.17, 15) is 0 Å². The van der Waals surface area contributed by atoms with Crippen molar-refractivity contribution in [2.45, 2.75) is 111 Å². The summed E-state index contributed by atoms with van der Waals surface area (Å²) in [7, 11) is 0. The maximum atomic E-state index is 2.43. The van der Waals surface area contributed by atoms with Crippen LogP contribution in [0.3, 0.4) is 0 Å². The molecule has 0 saturated heterocycles. The van der Waals surface area contributed by atoms with Gasteiger partial charge in [0.05, 0.1) is 0 Å². The van der Waals surface area contributed by atoms with Crippen LogP contribution in [0.15, 0.2) is 0 Å². The Balaban J connectivity index is 0.000000136. The molecule has 0 heteroatoms. The molecule has 0 amide bonds. The fraction of sp³-hybridized carbons (Fsp3) is 1.00. The number of rotatable bonds is 2. The van der Waals surface area contributed by atoms with E-state index < -0.39 is 0 Å². The zero-order valence-electron chi connectivity index (χ0n) is 16.5. The van der Waals surface area contributed by atoms with Gasteiger partial charge in [0.1, 0.15) is 0 Å². The van der Waals surface area contributed by atoms with Gasteiger partial charge in [0.2, 0.25) is 0 Å². The van der Waals surface area contributed by atoms with Crippen molar-refractivity contribution in [3.63, 3.8) is 0 Å².